The van der Waals surface area contributed by atoms with E-state index in [9.17, 15) is 4.79 Å². The maximum absolute atomic E-state index is 11.0. The highest BCUT2D eigenvalue weighted by Crippen LogP contribution is 2.44. The van der Waals surface area contributed by atoms with E-state index in [0.29, 0.717) is 18.1 Å². The quantitative estimate of drug-likeness (QED) is 0.860. The predicted octanol–water partition coefficient (Wildman–Crippen LogP) is 1.98. The minimum atomic E-state index is -0.750. The number of carbonyl (C=O) groups is 1. The molecule has 0 amide bonds. The first kappa shape index (κ1) is 12.8. The topological polar surface area (TPSA) is 101 Å². The molecule has 2 N–H and O–H groups in total. The normalized spacial score (nSPS) is 16.9. The summed E-state index contributed by atoms with van der Waals surface area (Å²) in [5.41, 5.74) is 1.01. The molecule has 20 heavy (non-hydrogen) atoms. The van der Waals surface area contributed by atoms with E-state index in [-0.39, 0.29) is 11.8 Å². The Kier molecular flexibility index (Phi) is 3.04. The number of carboxylic acids is 1. The molecule has 0 aliphatic heterocycles. The van der Waals surface area contributed by atoms with E-state index in [1.165, 1.54) is 6.33 Å². The summed E-state index contributed by atoms with van der Waals surface area (Å²) < 4.78 is 5.09. The molecular weight excluding hydrogens is 260 g/mol. The third kappa shape index (κ3) is 2.19. The molecule has 7 nitrogen and oxygen atoms in total. The summed E-state index contributed by atoms with van der Waals surface area (Å²) in [4.78, 5) is 19.2. The number of anilines is 1. The first-order chi connectivity index (χ1) is 9.60. The number of aliphatic carboxylic acids is 1. The first-order valence-electron chi connectivity index (χ1n) is 6.62. The Balaban J connectivity index is 1.80. The van der Waals surface area contributed by atoms with Crippen molar-refractivity contribution in [3.63, 3.8) is 0 Å². The molecule has 2 heterocycles. The summed E-state index contributed by atoms with van der Waals surface area (Å²) >= 11 is 0. The lowest BCUT2D eigenvalue weighted by atomic mass is 9.66. The smallest absolute Gasteiger partial charge is 0.303 e. The van der Waals surface area contributed by atoms with Crippen molar-refractivity contribution in [3.8, 4) is 0 Å². The largest absolute Gasteiger partial charge is 0.481 e. The Morgan fingerprint density at radius 3 is 2.95 bits per heavy atom. The summed E-state index contributed by atoms with van der Waals surface area (Å²) in [6.45, 7) is 2.42. The Morgan fingerprint density at radius 1 is 1.50 bits per heavy atom. The highest BCUT2D eigenvalue weighted by Gasteiger charge is 2.39. The molecule has 0 atom stereocenters. The molecule has 3 rings (SSSR count). The Morgan fingerprint density at radius 2 is 2.30 bits per heavy atom. The molecule has 0 aromatic carbocycles. The van der Waals surface area contributed by atoms with Crippen LogP contribution in [0.25, 0.3) is 11.1 Å². The van der Waals surface area contributed by atoms with Crippen molar-refractivity contribution in [3.05, 3.63) is 12.0 Å². The highest BCUT2D eigenvalue weighted by atomic mass is 16.5. The van der Waals surface area contributed by atoms with Gasteiger partial charge in [0.25, 0.3) is 5.71 Å². The van der Waals surface area contributed by atoms with Gasteiger partial charge in [0.05, 0.1) is 12.1 Å². The van der Waals surface area contributed by atoms with Crippen LogP contribution in [0.15, 0.2) is 10.9 Å². The van der Waals surface area contributed by atoms with Crippen LogP contribution in [0.3, 0.4) is 0 Å². The standard InChI is InChI=1S/C13H16N4O3/c1-8-10-11(15-7-16-12(10)20-17-8)14-6-13(3-2-4-13)5-9(18)19/h7H,2-6H2,1H3,(H,18,19)(H,14,15,16). The van der Waals surface area contributed by atoms with Crippen LogP contribution in [0.2, 0.25) is 0 Å². The van der Waals surface area contributed by atoms with Gasteiger partial charge in [0, 0.05) is 6.54 Å². The number of nitrogens with zero attached hydrogens (tertiary/aromatic N) is 3. The molecule has 1 fully saturated rings. The third-order valence-corrected chi connectivity index (χ3v) is 4.01. The van der Waals surface area contributed by atoms with Crippen molar-refractivity contribution >= 4 is 22.9 Å². The van der Waals surface area contributed by atoms with E-state index < -0.39 is 5.97 Å². The van der Waals surface area contributed by atoms with E-state index in [1.807, 2.05) is 6.92 Å². The second-order valence-electron chi connectivity index (χ2n) is 5.45. The van der Waals surface area contributed by atoms with Gasteiger partial charge in [0.15, 0.2) is 0 Å². The number of hydrogen-bond donors (Lipinski definition) is 2. The summed E-state index contributed by atoms with van der Waals surface area (Å²) in [6, 6.07) is 0. The number of aryl methyl sites for hydroxylation is 1. The van der Waals surface area contributed by atoms with Gasteiger partial charge >= 0.3 is 5.97 Å². The van der Waals surface area contributed by atoms with Crippen LogP contribution in [-0.4, -0.2) is 32.7 Å². The number of nitrogens with one attached hydrogen (secondary N) is 1. The van der Waals surface area contributed by atoms with Gasteiger partial charge in [-0.3, -0.25) is 4.79 Å². The van der Waals surface area contributed by atoms with Gasteiger partial charge in [-0.2, -0.15) is 4.98 Å². The van der Waals surface area contributed by atoms with Crippen LogP contribution >= 0.6 is 0 Å². The highest BCUT2D eigenvalue weighted by molar-refractivity contribution is 5.87. The molecular formula is C13H16N4O3. The monoisotopic (exact) mass is 276 g/mol. The van der Waals surface area contributed by atoms with Crippen LogP contribution in [-0.2, 0) is 4.79 Å². The van der Waals surface area contributed by atoms with Crippen LogP contribution < -0.4 is 5.32 Å². The number of hydrogen-bond acceptors (Lipinski definition) is 6. The molecule has 1 saturated carbocycles. The zero-order valence-corrected chi connectivity index (χ0v) is 11.2. The van der Waals surface area contributed by atoms with Crippen molar-refractivity contribution in [2.45, 2.75) is 32.6 Å². The maximum atomic E-state index is 11.0. The van der Waals surface area contributed by atoms with Gasteiger partial charge in [-0.15, -0.1) is 0 Å². The summed E-state index contributed by atoms with van der Waals surface area (Å²) in [5.74, 6) is -0.0918. The van der Waals surface area contributed by atoms with Crippen LogP contribution in [0, 0.1) is 12.3 Å². The second-order valence-corrected chi connectivity index (χ2v) is 5.45. The fourth-order valence-corrected chi connectivity index (χ4v) is 2.74. The first-order valence-corrected chi connectivity index (χ1v) is 6.62. The minimum Gasteiger partial charge on any atom is -0.481 e. The fourth-order valence-electron chi connectivity index (χ4n) is 2.74. The number of rotatable bonds is 5. The van der Waals surface area contributed by atoms with Crippen molar-refractivity contribution in [2.75, 3.05) is 11.9 Å². The summed E-state index contributed by atoms with van der Waals surface area (Å²) in [6.07, 6.45) is 4.56. The number of aromatic nitrogens is 3. The maximum Gasteiger partial charge on any atom is 0.303 e. The SMILES string of the molecule is Cc1noc2ncnc(NCC3(CC(=O)O)CCC3)c12. The Bertz CT molecular complexity index is 648. The van der Waals surface area contributed by atoms with E-state index in [0.717, 1.165) is 30.3 Å². The Labute approximate surface area is 115 Å². The molecule has 0 bridgehead atoms. The lowest BCUT2D eigenvalue weighted by Gasteiger charge is -2.41. The van der Waals surface area contributed by atoms with Crippen molar-refractivity contribution in [2.24, 2.45) is 5.41 Å². The average molecular weight is 276 g/mol. The van der Waals surface area contributed by atoms with E-state index in [1.54, 1.807) is 0 Å². The van der Waals surface area contributed by atoms with Gasteiger partial charge in [-0.1, -0.05) is 11.6 Å². The molecule has 106 valence electrons. The number of carboxylic acid groups (broad SMARTS) is 1. The number of fused-ring (bicyclic) bond motifs is 1. The molecule has 1 aliphatic carbocycles. The van der Waals surface area contributed by atoms with E-state index in [2.05, 4.69) is 20.4 Å². The molecule has 0 saturated heterocycles. The lowest BCUT2D eigenvalue weighted by Crippen LogP contribution is -2.38. The molecule has 1 aliphatic rings. The summed E-state index contributed by atoms with van der Waals surface area (Å²) in [7, 11) is 0. The molecule has 0 radical (unpaired) electrons. The van der Waals surface area contributed by atoms with Crippen molar-refractivity contribution < 1.29 is 14.4 Å². The summed E-state index contributed by atoms with van der Waals surface area (Å²) in [5, 5.41) is 16.9. The lowest BCUT2D eigenvalue weighted by molar-refractivity contribution is -0.141. The molecule has 2 aromatic heterocycles. The van der Waals surface area contributed by atoms with E-state index in [4.69, 9.17) is 9.63 Å². The molecule has 2 aromatic rings. The van der Waals surface area contributed by atoms with Gasteiger partial charge in [0.1, 0.15) is 17.5 Å². The third-order valence-electron chi connectivity index (χ3n) is 4.01. The fraction of sp³-hybridized carbons (Fsp3) is 0.538. The van der Waals surface area contributed by atoms with Gasteiger partial charge in [-0.25, -0.2) is 4.98 Å². The van der Waals surface area contributed by atoms with Crippen LogP contribution in [0.5, 0.6) is 0 Å². The van der Waals surface area contributed by atoms with E-state index >= 15 is 0 Å². The van der Waals surface area contributed by atoms with Gasteiger partial charge in [0.2, 0.25) is 0 Å². The molecule has 7 heteroatoms. The van der Waals surface area contributed by atoms with Gasteiger partial charge in [-0.05, 0) is 25.2 Å². The predicted molar refractivity (Wildman–Crippen MR) is 71.4 cm³/mol. The molecule has 0 unspecified atom stereocenters. The van der Waals surface area contributed by atoms with Crippen molar-refractivity contribution in [1.82, 2.24) is 15.1 Å². The van der Waals surface area contributed by atoms with Gasteiger partial charge < -0.3 is 14.9 Å². The average Bonchev–Trinajstić information content (AvgIpc) is 2.75. The zero-order valence-electron chi connectivity index (χ0n) is 11.2. The molecule has 0 spiro atoms. The van der Waals surface area contributed by atoms with Crippen LogP contribution in [0.4, 0.5) is 5.82 Å². The van der Waals surface area contributed by atoms with Crippen molar-refractivity contribution in [1.29, 1.82) is 0 Å². The zero-order chi connectivity index (χ0) is 14.2. The van der Waals surface area contributed by atoms with Crippen LogP contribution in [0.1, 0.15) is 31.4 Å². The Hall–Kier alpha value is -2.18. The second kappa shape index (κ2) is 4.73. The minimum absolute atomic E-state index is 0.159.